The maximum Gasteiger partial charge on any atom is 0.416 e. The number of anilines is 1. The number of carbonyl (C=O) groups is 1. The fourth-order valence-electron chi connectivity index (χ4n) is 2.52. The van der Waals surface area contributed by atoms with Gasteiger partial charge in [-0.25, -0.2) is 0 Å². The molecule has 0 saturated heterocycles. The Morgan fingerprint density at radius 2 is 1.81 bits per heavy atom. The molecular formula is C19H21F3N2O2. The van der Waals surface area contributed by atoms with Gasteiger partial charge in [0, 0.05) is 6.54 Å². The number of nitrogens with zero attached hydrogens (tertiary/aromatic N) is 1. The Labute approximate surface area is 150 Å². The number of rotatable bonds is 6. The first-order valence-corrected chi connectivity index (χ1v) is 7.98. The first-order valence-electron chi connectivity index (χ1n) is 7.98. The lowest BCUT2D eigenvalue weighted by molar-refractivity contribution is -0.137. The summed E-state index contributed by atoms with van der Waals surface area (Å²) in [6, 6.07) is 10.4. The molecule has 26 heavy (non-hydrogen) atoms. The number of ether oxygens (including phenoxy) is 1. The molecule has 0 aliphatic heterocycles. The second kappa shape index (κ2) is 8.23. The number of halogens is 3. The van der Waals surface area contributed by atoms with Gasteiger partial charge in [-0.3, -0.25) is 9.69 Å². The highest BCUT2D eigenvalue weighted by atomic mass is 19.4. The third-order valence-electron chi connectivity index (χ3n) is 3.78. The van der Waals surface area contributed by atoms with Crippen LogP contribution < -0.4 is 10.1 Å². The van der Waals surface area contributed by atoms with Gasteiger partial charge in [-0.05, 0) is 49.4 Å². The van der Waals surface area contributed by atoms with Gasteiger partial charge < -0.3 is 10.1 Å². The summed E-state index contributed by atoms with van der Waals surface area (Å²) in [5.74, 6) is 0.331. The first-order chi connectivity index (χ1) is 12.2. The van der Waals surface area contributed by atoms with E-state index in [-0.39, 0.29) is 12.5 Å². The van der Waals surface area contributed by atoms with Crippen LogP contribution in [-0.4, -0.2) is 31.5 Å². The summed E-state index contributed by atoms with van der Waals surface area (Å²) in [4.78, 5) is 13.9. The maximum absolute atomic E-state index is 12.6. The van der Waals surface area contributed by atoms with Crippen molar-refractivity contribution in [3.63, 3.8) is 0 Å². The number of carbonyl (C=O) groups excluding carboxylic acids is 1. The van der Waals surface area contributed by atoms with Crippen LogP contribution in [0.15, 0.2) is 42.5 Å². The van der Waals surface area contributed by atoms with Crippen molar-refractivity contribution in [1.82, 2.24) is 4.90 Å². The molecule has 7 heteroatoms. The van der Waals surface area contributed by atoms with E-state index in [0.29, 0.717) is 23.5 Å². The van der Waals surface area contributed by atoms with Crippen LogP contribution >= 0.6 is 0 Å². The van der Waals surface area contributed by atoms with E-state index in [1.165, 1.54) is 19.2 Å². The zero-order valence-corrected chi connectivity index (χ0v) is 14.9. The monoisotopic (exact) mass is 366 g/mol. The molecule has 2 rings (SSSR count). The molecule has 0 fully saturated rings. The summed E-state index contributed by atoms with van der Waals surface area (Å²) in [5.41, 5.74) is 1.58. The van der Waals surface area contributed by atoms with Crippen LogP contribution in [0.2, 0.25) is 0 Å². The molecule has 140 valence electrons. The van der Waals surface area contributed by atoms with Crippen molar-refractivity contribution in [2.24, 2.45) is 0 Å². The predicted octanol–water partition coefficient (Wildman–Crippen LogP) is 4.09. The van der Waals surface area contributed by atoms with Crippen molar-refractivity contribution >= 4 is 11.6 Å². The quantitative estimate of drug-likeness (QED) is 0.837. The zero-order valence-electron chi connectivity index (χ0n) is 14.9. The van der Waals surface area contributed by atoms with Crippen LogP contribution in [0, 0.1) is 6.92 Å². The summed E-state index contributed by atoms with van der Waals surface area (Å²) in [6.07, 6.45) is -4.35. The summed E-state index contributed by atoms with van der Waals surface area (Å²) in [6.45, 7) is 2.36. The van der Waals surface area contributed by atoms with E-state index >= 15 is 0 Å². The lowest BCUT2D eigenvalue weighted by Crippen LogP contribution is -2.30. The summed E-state index contributed by atoms with van der Waals surface area (Å²) in [5, 5.41) is 2.79. The molecule has 1 N–H and O–H groups in total. The van der Waals surface area contributed by atoms with Gasteiger partial charge in [0.05, 0.1) is 24.9 Å². The average molecular weight is 366 g/mol. The van der Waals surface area contributed by atoms with E-state index < -0.39 is 11.7 Å². The Hall–Kier alpha value is -2.54. The number of amides is 1. The molecule has 2 aromatic rings. The zero-order chi connectivity index (χ0) is 19.3. The van der Waals surface area contributed by atoms with Gasteiger partial charge in [0.1, 0.15) is 5.75 Å². The molecule has 0 spiro atoms. The van der Waals surface area contributed by atoms with Crippen LogP contribution in [0.3, 0.4) is 0 Å². The van der Waals surface area contributed by atoms with E-state index in [1.54, 1.807) is 18.0 Å². The Kier molecular flexibility index (Phi) is 6.26. The molecule has 0 saturated carbocycles. The van der Waals surface area contributed by atoms with E-state index in [4.69, 9.17) is 4.74 Å². The number of aryl methyl sites for hydroxylation is 1. The van der Waals surface area contributed by atoms with Gasteiger partial charge in [0.15, 0.2) is 0 Å². The Bertz CT molecular complexity index is 758. The molecule has 0 radical (unpaired) electrons. The average Bonchev–Trinajstić information content (AvgIpc) is 2.54. The van der Waals surface area contributed by atoms with Crippen molar-refractivity contribution in [2.75, 3.05) is 26.0 Å². The van der Waals surface area contributed by atoms with Crippen molar-refractivity contribution < 1.29 is 22.7 Å². The topological polar surface area (TPSA) is 41.6 Å². The number of hydrogen-bond donors (Lipinski definition) is 1. The van der Waals surface area contributed by atoms with Crippen LogP contribution in [0.25, 0.3) is 0 Å². The normalized spacial score (nSPS) is 11.5. The molecule has 0 atom stereocenters. The Morgan fingerprint density at radius 1 is 1.15 bits per heavy atom. The lowest BCUT2D eigenvalue weighted by Gasteiger charge is -2.18. The summed E-state index contributed by atoms with van der Waals surface area (Å²) >= 11 is 0. The van der Waals surface area contributed by atoms with Crippen LogP contribution in [0.4, 0.5) is 18.9 Å². The van der Waals surface area contributed by atoms with E-state index in [9.17, 15) is 18.0 Å². The van der Waals surface area contributed by atoms with E-state index in [1.807, 2.05) is 19.1 Å². The number of likely N-dealkylation sites (N-methyl/N-ethyl adjacent to an activating group) is 1. The van der Waals surface area contributed by atoms with E-state index in [2.05, 4.69) is 5.32 Å². The molecule has 0 bridgehead atoms. The van der Waals surface area contributed by atoms with Crippen LogP contribution in [-0.2, 0) is 17.5 Å². The second-order valence-electron chi connectivity index (χ2n) is 6.12. The standard InChI is InChI=1S/C19H21F3N2O2/c1-13-4-9-17(26-3)16(10-13)23-18(25)12-24(2)11-14-5-7-15(8-6-14)19(20,21)22/h4-10H,11-12H2,1-3H3,(H,23,25). The maximum atomic E-state index is 12.6. The smallest absolute Gasteiger partial charge is 0.416 e. The minimum absolute atomic E-state index is 0.0954. The number of hydrogen-bond acceptors (Lipinski definition) is 3. The largest absolute Gasteiger partial charge is 0.495 e. The minimum atomic E-state index is -4.35. The molecule has 0 heterocycles. The highest BCUT2D eigenvalue weighted by Gasteiger charge is 2.29. The minimum Gasteiger partial charge on any atom is -0.495 e. The SMILES string of the molecule is COc1ccc(C)cc1NC(=O)CN(C)Cc1ccc(C(F)(F)F)cc1. The summed E-state index contributed by atoms with van der Waals surface area (Å²) < 4.78 is 43.0. The Balaban J connectivity index is 1.94. The van der Waals surface area contributed by atoms with Crippen molar-refractivity contribution in [3.8, 4) is 5.75 Å². The highest BCUT2D eigenvalue weighted by molar-refractivity contribution is 5.93. The molecule has 0 aliphatic rings. The number of methoxy groups -OCH3 is 1. The Morgan fingerprint density at radius 3 is 2.38 bits per heavy atom. The van der Waals surface area contributed by atoms with Crippen molar-refractivity contribution in [1.29, 1.82) is 0 Å². The molecule has 0 unspecified atom stereocenters. The van der Waals surface area contributed by atoms with Gasteiger partial charge in [0.2, 0.25) is 5.91 Å². The number of benzene rings is 2. The van der Waals surface area contributed by atoms with Gasteiger partial charge in [0.25, 0.3) is 0 Å². The van der Waals surface area contributed by atoms with Crippen molar-refractivity contribution in [3.05, 3.63) is 59.2 Å². The molecule has 1 amide bonds. The van der Waals surface area contributed by atoms with Gasteiger partial charge >= 0.3 is 6.18 Å². The third-order valence-corrected chi connectivity index (χ3v) is 3.78. The number of nitrogens with one attached hydrogen (secondary N) is 1. The van der Waals surface area contributed by atoms with Crippen LogP contribution in [0.1, 0.15) is 16.7 Å². The molecule has 4 nitrogen and oxygen atoms in total. The number of alkyl halides is 3. The fraction of sp³-hybridized carbons (Fsp3) is 0.316. The molecule has 0 aliphatic carbocycles. The van der Waals surface area contributed by atoms with Gasteiger partial charge in [-0.2, -0.15) is 13.2 Å². The third kappa shape index (κ3) is 5.49. The highest BCUT2D eigenvalue weighted by Crippen LogP contribution is 2.29. The van der Waals surface area contributed by atoms with Crippen molar-refractivity contribution in [2.45, 2.75) is 19.6 Å². The van der Waals surface area contributed by atoms with Gasteiger partial charge in [-0.1, -0.05) is 18.2 Å². The molecular weight excluding hydrogens is 345 g/mol. The van der Waals surface area contributed by atoms with Gasteiger partial charge in [-0.15, -0.1) is 0 Å². The van der Waals surface area contributed by atoms with Crippen LogP contribution in [0.5, 0.6) is 5.75 Å². The predicted molar refractivity (Wildman–Crippen MR) is 94.1 cm³/mol. The molecule has 2 aromatic carbocycles. The first kappa shape index (κ1) is 19.8. The molecule has 0 aromatic heterocycles. The lowest BCUT2D eigenvalue weighted by atomic mass is 10.1. The van der Waals surface area contributed by atoms with E-state index in [0.717, 1.165) is 17.7 Å². The fourth-order valence-corrected chi connectivity index (χ4v) is 2.52. The second-order valence-corrected chi connectivity index (χ2v) is 6.12. The summed E-state index contributed by atoms with van der Waals surface area (Å²) in [7, 11) is 3.25.